The number of nitrogens with one attached hydrogen (secondary N) is 1. The van der Waals surface area contributed by atoms with Crippen molar-refractivity contribution >= 4 is 16.9 Å². The number of aliphatic carboxylic acids is 1. The van der Waals surface area contributed by atoms with Gasteiger partial charge in [0, 0.05) is 17.1 Å². The first-order valence-electron chi connectivity index (χ1n) is 5.66. The van der Waals surface area contributed by atoms with Crippen molar-refractivity contribution in [3.05, 3.63) is 35.0 Å². The molecule has 3 nitrogen and oxygen atoms in total. The van der Waals surface area contributed by atoms with Crippen molar-refractivity contribution in [2.24, 2.45) is 0 Å². The second-order valence-corrected chi connectivity index (χ2v) is 5.14. The van der Waals surface area contributed by atoms with Crippen LogP contribution in [-0.2, 0) is 10.2 Å². The monoisotopic (exact) mass is 231 g/mol. The van der Waals surface area contributed by atoms with Crippen LogP contribution in [0.5, 0.6) is 0 Å². The fraction of sp³-hybridized carbons (Fsp3) is 0.357. The first-order valence-corrected chi connectivity index (χ1v) is 5.66. The molecular weight excluding hydrogens is 214 g/mol. The molecule has 0 radical (unpaired) electrons. The summed E-state index contributed by atoms with van der Waals surface area (Å²) >= 11 is 0. The molecule has 3 heteroatoms. The number of rotatable bonds is 2. The van der Waals surface area contributed by atoms with Crippen LogP contribution in [0.3, 0.4) is 0 Å². The van der Waals surface area contributed by atoms with Gasteiger partial charge in [0.15, 0.2) is 0 Å². The highest BCUT2D eigenvalue weighted by atomic mass is 16.4. The lowest BCUT2D eigenvalue weighted by atomic mass is 9.84. The average Bonchev–Trinajstić information content (AvgIpc) is 2.61. The van der Waals surface area contributed by atoms with Gasteiger partial charge in [-0.2, -0.15) is 0 Å². The normalized spacial score (nSPS) is 12.0. The molecule has 0 aliphatic heterocycles. The van der Waals surface area contributed by atoms with Crippen molar-refractivity contribution < 1.29 is 9.90 Å². The van der Waals surface area contributed by atoms with Gasteiger partial charge >= 0.3 is 5.97 Å². The van der Waals surface area contributed by atoms with Crippen molar-refractivity contribution in [3.63, 3.8) is 0 Å². The zero-order valence-corrected chi connectivity index (χ0v) is 10.6. The van der Waals surface area contributed by atoms with E-state index in [0.29, 0.717) is 0 Å². The highest BCUT2D eigenvalue weighted by molar-refractivity contribution is 5.93. The van der Waals surface area contributed by atoms with Gasteiger partial charge in [0.1, 0.15) is 0 Å². The Morgan fingerprint density at radius 3 is 2.53 bits per heavy atom. The molecule has 17 heavy (non-hydrogen) atoms. The van der Waals surface area contributed by atoms with Crippen molar-refractivity contribution in [2.75, 3.05) is 0 Å². The Hall–Kier alpha value is -1.77. The van der Waals surface area contributed by atoms with E-state index < -0.39 is 11.4 Å². The fourth-order valence-electron chi connectivity index (χ4n) is 2.23. The second-order valence-electron chi connectivity index (χ2n) is 5.14. The van der Waals surface area contributed by atoms with Gasteiger partial charge in [-0.15, -0.1) is 0 Å². The van der Waals surface area contributed by atoms with Crippen molar-refractivity contribution in [3.8, 4) is 0 Å². The van der Waals surface area contributed by atoms with E-state index in [9.17, 15) is 9.90 Å². The molecule has 0 aliphatic carbocycles. The van der Waals surface area contributed by atoms with E-state index in [1.807, 2.05) is 26.1 Å². The Morgan fingerprint density at radius 1 is 1.29 bits per heavy atom. The van der Waals surface area contributed by atoms with Crippen LogP contribution in [-0.4, -0.2) is 16.1 Å². The number of hydrogen-bond acceptors (Lipinski definition) is 1. The van der Waals surface area contributed by atoms with E-state index in [4.69, 9.17) is 0 Å². The number of aryl methyl sites for hydroxylation is 2. The molecule has 2 N–H and O–H groups in total. The average molecular weight is 231 g/mol. The van der Waals surface area contributed by atoms with E-state index in [1.165, 1.54) is 0 Å². The number of H-pyrrole nitrogens is 1. The van der Waals surface area contributed by atoms with Crippen LogP contribution in [0.25, 0.3) is 10.9 Å². The summed E-state index contributed by atoms with van der Waals surface area (Å²) in [5.74, 6) is -0.808. The molecule has 1 heterocycles. The summed E-state index contributed by atoms with van der Waals surface area (Å²) in [6, 6.07) is 4.13. The lowest BCUT2D eigenvalue weighted by molar-refractivity contribution is -0.142. The molecule has 90 valence electrons. The third kappa shape index (κ3) is 1.71. The summed E-state index contributed by atoms with van der Waals surface area (Å²) in [5.41, 5.74) is 3.29. The number of benzene rings is 1. The van der Waals surface area contributed by atoms with Gasteiger partial charge in [0.05, 0.1) is 5.41 Å². The van der Waals surface area contributed by atoms with Crippen LogP contribution in [0.15, 0.2) is 18.3 Å². The quantitative estimate of drug-likeness (QED) is 0.834. The molecule has 0 aliphatic rings. The van der Waals surface area contributed by atoms with E-state index in [2.05, 4.69) is 11.1 Å². The van der Waals surface area contributed by atoms with E-state index >= 15 is 0 Å². The molecule has 2 aromatic rings. The molecular formula is C14H17NO2. The molecule has 0 amide bonds. The summed E-state index contributed by atoms with van der Waals surface area (Å²) in [7, 11) is 0. The molecule has 2 rings (SSSR count). The lowest BCUT2D eigenvalue weighted by Crippen LogP contribution is -2.28. The first kappa shape index (κ1) is 11.7. The molecule has 0 fully saturated rings. The second kappa shape index (κ2) is 3.62. The van der Waals surface area contributed by atoms with Crippen molar-refractivity contribution in [2.45, 2.75) is 33.1 Å². The summed E-state index contributed by atoms with van der Waals surface area (Å²) in [6.07, 6.45) is 1.81. The van der Waals surface area contributed by atoms with Gasteiger partial charge < -0.3 is 10.1 Å². The summed E-state index contributed by atoms with van der Waals surface area (Å²) in [5, 5.41) is 10.3. The maximum absolute atomic E-state index is 11.3. The van der Waals surface area contributed by atoms with Crippen molar-refractivity contribution in [1.29, 1.82) is 0 Å². The number of aromatic amines is 1. The Bertz CT molecular complexity index is 594. The maximum Gasteiger partial charge on any atom is 0.313 e. The van der Waals surface area contributed by atoms with Gasteiger partial charge in [-0.05, 0) is 44.9 Å². The van der Waals surface area contributed by atoms with Crippen LogP contribution in [0.1, 0.15) is 30.5 Å². The number of aromatic nitrogens is 1. The summed E-state index contributed by atoms with van der Waals surface area (Å²) in [6.45, 7) is 7.52. The Labute approximate surface area is 100 Å². The largest absolute Gasteiger partial charge is 0.481 e. The Balaban J connectivity index is 2.77. The number of fused-ring (bicyclic) bond motifs is 1. The third-order valence-corrected chi connectivity index (χ3v) is 3.34. The van der Waals surface area contributed by atoms with Crippen LogP contribution >= 0.6 is 0 Å². The Morgan fingerprint density at radius 2 is 1.94 bits per heavy atom. The standard InChI is InChI=1S/C14H17NO2/c1-8-5-9(2)12-10(6-8)11(7-15-12)14(3,4)13(16)17/h5-7,15H,1-4H3,(H,16,17). The predicted molar refractivity (Wildman–Crippen MR) is 68.4 cm³/mol. The SMILES string of the molecule is Cc1cc(C)c2[nH]cc(C(C)(C)C(=O)O)c2c1. The van der Waals surface area contributed by atoms with Gasteiger partial charge in [0.25, 0.3) is 0 Å². The van der Waals surface area contributed by atoms with Crippen LogP contribution in [0.2, 0.25) is 0 Å². The molecule has 0 saturated heterocycles. The minimum Gasteiger partial charge on any atom is -0.481 e. The van der Waals surface area contributed by atoms with Crippen LogP contribution < -0.4 is 0 Å². The van der Waals surface area contributed by atoms with Gasteiger partial charge in [-0.1, -0.05) is 11.6 Å². The van der Waals surface area contributed by atoms with E-state index in [-0.39, 0.29) is 0 Å². The van der Waals surface area contributed by atoms with Gasteiger partial charge in [-0.25, -0.2) is 0 Å². The molecule has 1 aromatic heterocycles. The third-order valence-electron chi connectivity index (χ3n) is 3.34. The van der Waals surface area contributed by atoms with Crippen LogP contribution in [0.4, 0.5) is 0 Å². The van der Waals surface area contributed by atoms with E-state index in [0.717, 1.165) is 27.6 Å². The summed E-state index contributed by atoms with van der Waals surface area (Å²) in [4.78, 5) is 14.5. The highest BCUT2D eigenvalue weighted by Gasteiger charge is 2.32. The highest BCUT2D eigenvalue weighted by Crippen LogP contribution is 2.32. The minimum atomic E-state index is -0.877. The molecule has 0 bridgehead atoms. The first-order chi connectivity index (χ1) is 7.84. The number of hydrogen-bond donors (Lipinski definition) is 2. The smallest absolute Gasteiger partial charge is 0.313 e. The van der Waals surface area contributed by atoms with Crippen LogP contribution in [0, 0.1) is 13.8 Å². The predicted octanol–water partition coefficient (Wildman–Crippen LogP) is 3.15. The summed E-state index contributed by atoms with van der Waals surface area (Å²) < 4.78 is 0. The zero-order valence-electron chi connectivity index (χ0n) is 10.6. The maximum atomic E-state index is 11.3. The Kier molecular flexibility index (Phi) is 2.49. The van der Waals surface area contributed by atoms with Crippen molar-refractivity contribution in [1.82, 2.24) is 4.98 Å². The van der Waals surface area contributed by atoms with E-state index in [1.54, 1.807) is 13.8 Å². The number of carboxylic acids is 1. The molecule has 0 atom stereocenters. The fourth-order valence-corrected chi connectivity index (χ4v) is 2.23. The van der Waals surface area contributed by atoms with Gasteiger partial charge in [0.2, 0.25) is 0 Å². The number of carbonyl (C=O) groups is 1. The lowest BCUT2D eigenvalue weighted by Gasteiger charge is -2.18. The number of carboxylic acid groups (broad SMARTS) is 1. The molecule has 0 unspecified atom stereocenters. The van der Waals surface area contributed by atoms with Gasteiger partial charge in [-0.3, -0.25) is 4.79 Å². The molecule has 0 spiro atoms. The topological polar surface area (TPSA) is 53.1 Å². The minimum absolute atomic E-state index is 0.808. The molecule has 0 saturated carbocycles. The molecule has 1 aromatic carbocycles. The zero-order chi connectivity index (χ0) is 12.8.